The van der Waals surface area contributed by atoms with E-state index in [1.54, 1.807) is 0 Å². The Morgan fingerprint density at radius 3 is 3.00 bits per heavy atom. The van der Waals surface area contributed by atoms with Crippen LogP contribution in [0.4, 0.5) is 5.69 Å². The highest BCUT2D eigenvalue weighted by Crippen LogP contribution is 2.29. The van der Waals surface area contributed by atoms with Crippen molar-refractivity contribution in [2.75, 3.05) is 18.4 Å². The zero-order valence-corrected chi connectivity index (χ0v) is 10.00. The first-order chi connectivity index (χ1) is 7.86. The zero-order valence-electron chi connectivity index (χ0n) is 10.00. The molecule has 16 heavy (non-hydrogen) atoms. The molecule has 1 aliphatic heterocycles. The fourth-order valence-corrected chi connectivity index (χ4v) is 2.61. The molecule has 0 radical (unpaired) electrons. The van der Waals surface area contributed by atoms with Crippen LogP contribution in [0.5, 0.6) is 0 Å². The van der Waals surface area contributed by atoms with Crippen LogP contribution in [-0.4, -0.2) is 24.0 Å². The van der Waals surface area contributed by atoms with Crippen molar-refractivity contribution < 1.29 is 0 Å². The van der Waals surface area contributed by atoms with Gasteiger partial charge in [-0.1, -0.05) is 19.1 Å². The van der Waals surface area contributed by atoms with Crippen molar-refractivity contribution in [2.24, 2.45) is 0 Å². The monoisotopic (exact) mass is 216 g/mol. The summed E-state index contributed by atoms with van der Waals surface area (Å²) in [6, 6.07) is 7.81. The van der Waals surface area contributed by atoms with Gasteiger partial charge in [-0.3, -0.25) is 4.90 Å². The van der Waals surface area contributed by atoms with Crippen molar-refractivity contribution in [3.05, 3.63) is 29.3 Å². The van der Waals surface area contributed by atoms with Crippen LogP contribution in [0.1, 0.15) is 30.9 Å². The molecular weight excluding hydrogens is 196 g/mol. The Morgan fingerprint density at radius 1 is 1.38 bits per heavy atom. The highest BCUT2D eigenvalue weighted by Gasteiger charge is 2.27. The molecule has 1 aliphatic carbocycles. The van der Waals surface area contributed by atoms with Gasteiger partial charge >= 0.3 is 0 Å². The topological polar surface area (TPSA) is 15.3 Å². The molecule has 0 bridgehead atoms. The highest BCUT2D eigenvalue weighted by molar-refractivity contribution is 5.57. The van der Waals surface area contributed by atoms with Gasteiger partial charge in [0.05, 0.1) is 0 Å². The van der Waals surface area contributed by atoms with E-state index in [0.29, 0.717) is 0 Å². The Kier molecular flexibility index (Phi) is 2.60. The lowest BCUT2D eigenvalue weighted by Crippen LogP contribution is -2.24. The van der Waals surface area contributed by atoms with Crippen molar-refractivity contribution in [3.63, 3.8) is 0 Å². The van der Waals surface area contributed by atoms with Crippen LogP contribution in [-0.2, 0) is 13.0 Å². The van der Waals surface area contributed by atoms with E-state index in [9.17, 15) is 0 Å². The average Bonchev–Trinajstić information content (AvgIpc) is 3.04. The SMILES string of the molecule is CCN(Cc1ccc2c(c1)NCC2)C1CC1. The van der Waals surface area contributed by atoms with E-state index in [0.717, 1.165) is 19.1 Å². The van der Waals surface area contributed by atoms with E-state index in [2.05, 4.69) is 35.3 Å². The number of fused-ring (bicyclic) bond motifs is 1. The predicted octanol–water partition coefficient (Wildman–Crippen LogP) is 2.64. The van der Waals surface area contributed by atoms with Gasteiger partial charge in [0.25, 0.3) is 0 Å². The lowest BCUT2D eigenvalue weighted by atomic mass is 10.1. The van der Waals surface area contributed by atoms with E-state index < -0.39 is 0 Å². The van der Waals surface area contributed by atoms with Crippen LogP contribution in [0, 0.1) is 0 Å². The molecule has 86 valence electrons. The van der Waals surface area contributed by atoms with Crippen molar-refractivity contribution in [3.8, 4) is 0 Å². The molecule has 2 aliphatic rings. The minimum Gasteiger partial charge on any atom is -0.384 e. The maximum Gasteiger partial charge on any atom is 0.0376 e. The third-order valence-electron chi connectivity index (χ3n) is 3.74. The summed E-state index contributed by atoms with van der Waals surface area (Å²) in [7, 11) is 0. The second kappa shape index (κ2) is 4.10. The third kappa shape index (κ3) is 1.94. The van der Waals surface area contributed by atoms with Crippen molar-refractivity contribution in [1.82, 2.24) is 4.90 Å². The zero-order chi connectivity index (χ0) is 11.0. The van der Waals surface area contributed by atoms with Crippen LogP contribution < -0.4 is 5.32 Å². The van der Waals surface area contributed by atoms with Gasteiger partial charge in [0, 0.05) is 24.8 Å². The molecule has 1 heterocycles. The smallest absolute Gasteiger partial charge is 0.0376 e. The lowest BCUT2D eigenvalue weighted by Gasteiger charge is -2.20. The fourth-order valence-electron chi connectivity index (χ4n) is 2.61. The number of nitrogens with one attached hydrogen (secondary N) is 1. The molecule has 0 atom stereocenters. The van der Waals surface area contributed by atoms with Crippen LogP contribution in [0.15, 0.2) is 18.2 Å². The number of hydrogen-bond donors (Lipinski definition) is 1. The van der Waals surface area contributed by atoms with Crippen LogP contribution in [0.25, 0.3) is 0 Å². The Hall–Kier alpha value is -1.02. The van der Waals surface area contributed by atoms with E-state index in [-0.39, 0.29) is 0 Å². The summed E-state index contributed by atoms with van der Waals surface area (Å²) in [5.41, 5.74) is 4.31. The van der Waals surface area contributed by atoms with Gasteiger partial charge in [-0.15, -0.1) is 0 Å². The van der Waals surface area contributed by atoms with Crippen molar-refractivity contribution >= 4 is 5.69 Å². The molecule has 1 saturated carbocycles. The number of hydrogen-bond acceptors (Lipinski definition) is 2. The van der Waals surface area contributed by atoms with E-state index >= 15 is 0 Å². The first kappa shape index (κ1) is 10.2. The summed E-state index contributed by atoms with van der Waals surface area (Å²) in [6.45, 7) is 5.67. The molecule has 0 saturated heterocycles. The summed E-state index contributed by atoms with van der Waals surface area (Å²) in [4.78, 5) is 2.59. The molecule has 2 nitrogen and oxygen atoms in total. The molecule has 0 unspecified atom stereocenters. The Bertz CT molecular complexity index is 382. The maximum absolute atomic E-state index is 3.46. The van der Waals surface area contributed by atoms with Crippen LogP contribution in [0.2, 0.25) is 0 Å². The van der Waals surface area contributed by atoms with Crippen molar-refractivity contribution in [2.45, 2.75) is 38.8 Å². The summed E-state index contributed by atoms with van der Waals surface area (Å²) in [5, 5.41) is 3.46. The van der Waals surface area contributed by atoms with Gasteiger partial charge in [-0.25, -0.2) is 0 Å². The number of nitrogens with zero attached hydrogens (tertiary/aromatic N) is 1. The second-order valence-electron chi connectivity index (χ2n) is 4.96. The summed E-state index contributed by atoms with van der Waals surface area (Å²) < 4.78 is 0. The predicted molar refractivity (Wildman–Crippen MR) is 67.7 cm³/mol. The minimum absolute atomic E-state index is 0.867. The number of benzene rings is 1. The van der Waals surface area contributed by atoms with Crippen LogP contribution in [0.3, 0.4) is 0 Å². The molecular formula is C14H20N2. The molecule has 0 aromatic heterocycles. The highest BCUT2D eigenvalue weighted by atomic mass is 15.2. The van der Waals surface area contributed by atoms with Gasteiger partial charge in [0.2, 0.25) is 0 Å². The molecule has 0 amide bonds. The molecule has 2 heteroatoms. The molecule has 3 rings (SSSR count). The third-order valence-corrected chi connectivity index (χ3v) is 3.74. The van der Waals surface area contributed by atoms with Gasteiger partial charge in [-0.05, 0) is 43.0 Å². The minimum atomic E-state index is 0.867. The number of rotatable bonds is 4. The normalized spacial score (nSPS) is 18.6. The molecule has 1 N–H and O–H groups in total. The Labute approximate surface area is 97.6 Å². The van der Waals surface area contributed by atoms with Gasteiger partial charge < -0.3 is 5.32 Å². The first-order valence-electron chi connectivity index (χ1n) is 6.46. The van der Waals surface area contributed by atoms with E-state index in [1.807, 2.05) is 0 Å². The van der Waals surface area contributed by atoms with E-state index in [1.165, 1.54) is 42.6 Å². The van der Waals surface area contributed by atoms with E-state index in [4.69, 9.17) is 0 Å². The molecule has 1 aromatic carbocycles. The van der Waals surface area contributed by atoms with Crippen molar-refractivity contribution in [1.29, 1.82) is 0 Å². The first-order valence-corrected chi connectivity index (χ1v) is 6.46. The van der Waals surface area contributed by atoms with Crippen LogP contribution >= 0.6 is 0 Å². The van der Waals surface area contributed by atoms with Gasteiger partial charge in [0.15, 0.2) is 0 Å². The summed E-state index contributed by atoms with van der Waals surface area (Å²) in [6.07, 6.45) is 3.99. The van der Waals surface area contributed by atoms with Gasteiger partial charge in [-0.2, -0.15) is 0 Å². The molecule has 0 spiro atoms. The average molecular weight is 216 g/mol. The standard InChI is InChI=1S/C14H20N2/c1-2-16(13-5-6-13)10-11-3-4-12-7-8-15-14(12)9-11/h3-4,9,13,15H,2,5-8,10H2,1H3. The number of anilines is 1. The summed E-state index contributed by atoms with van der Waals surface area (Å²) >= 11 is 0. The quantitative estimate of drug-likeness (QED) is 0.832. The summed E-state index contributed by atoms with van der Waals surface area (Å²) in [5.74, 6) is 0. The largest absolute Gasteiger partial charge is 0.384 e. The maximum atomic E-state index is 3.46. The fraction of sp³-hybridized carbons (Fsp3) is 0.571. The van der Waals surface area contributed by atoms with Gasteiger partial charge in [0.1, 0.15) is 0 Å². The second-order valence-corrected chi connectivity index (χ2v) is 4.96. The lowest BCUT2D eigenvalue weighted by molar-refractivity contribution is 0.269. The molecule has 1 aromatic rings. The molecule has 1 fully saturated rings. The Morgan fingerprint density at radius 2 is 2.25 bits per heavy atom. The Balaban J connectivity index is 1.74.